The normalized spacial score (nSPS) is 10.2. The first kappa shape index (κ1) is 14.3. The molecule has 0 aliphatic carbocycles. The van der Waals surface area contributed by atoms with Gasteiger partial charge in [0.15, 0.2) is 0 Å². The van der Waals surface area contributed by atoms with Crippen LogP contribution in [0.2, 0.25) is 0 Å². The summed E-state index contributed by atoms with van der Waals surface area (Å²) in [6.45, 7) is 0. The quantitative estimate of drug-likeness (QED) is 0.559. The summed E-state index contributed by atoms with van der Waals surface area (Å²) in [5.74, 6) is 0. The summed E-state index contributed by atoms with van der Waals surface area (Å²) < 4.78 is 0. The Kier molecular flexibility index (Phi) is 4.84. The Balaban J connectivity index is 1.84. The van der Waals surface area contributed by atoms with Crippen LogP contribution in [0.4, 0.5) is 0 Å². The van der Waals surface area contributed by atoms with Crippen LogP contribution >= 0.6 is 0 Å². The van der Waals surface area contributed by atoms with E-state index in [2.05, 4.69) is 97.1 Å². The SMILES string of the molecule is C(CCc1ccccc1)=C(c1ccccc1)c1ccccc1. The highest BCUT2D eigenvalue weighted by molar-refractivity contribution is 5.79. The lowest BCUT2D eigenvalue weighted by molar-refractivity contribution is 1.00. The van der Waals surface area contributed by atoms with Crippen LogP contribution in [0.15, 0.2) is 97.1 Å². The largest absolute Gasteiger partial charge is 0.0757 e. The second-order valence-electron chi connectivity index (χ2n) is 5.37. The molecule has 0 spiro atoms. The number of hydrogen-bond acceptors (Lipinski definition) is 0. The van der Waals surface area contributed by atoms with Crippen LogP contribution in [0.25, 0.3) is 5.57 Å². The maximum Gasteiger partial charge on any atom is -0.0151 e. The van der Waals surface area contributed by atoms with Crippen LogP contribution in [0.1, 0.15) is 23.1 Å². The Morgan fingerprint density at radius 1 is 0.591 bits per heavy atom. The molecule has 0 N–H and O–H groups in total. The summed E-state index contributed by atoms with van der Waals surface area (Å²) in [5.41, 5.74) is 5.26. The molecule has 3 rings (SSSR count). The van der Waals surface area contributed by atoms with E-state index in [4.69, 9.17) is 0 Å². The summed E-state index contributed by atoms with van der Waals surface area (Å²) in [6.07, 6.45) is 4.48. The highest BCUT2D eigenvalue weighted by atomic mass is 14.1. The number of hydrogen-bond donors (Lipinski definition) is 0. The van der Waals surface area contributed by atoms with Gasteiger partial charge in [-0.05, 0) is 35.1 Å². The van der Waals surface area contributed by atoms with Crippen molar-refractivity contribution in [3.8, 4) is 0 Å². The zero-order valence-electron chi connectivity index (χ0n) is 12.7. The van der Waals surface area contributed by atoms with Crippen LogP contribution in [0.5, 0.6) is 0 Å². The first-order chi connectivity index (χ1) is 10.9. The number of aryl methyl sites for hydroxylation is 1. The standard InChI is InChI=1S/C22H20/c1-4-11-19(12-5-1)13-10-18-22(20-14-6-2-7-15-20)21-16-8-3-9-17-21/h1-9,11-12,14-18H,10,13H2. The molecule has 0 unspecified atom stereocenters. The molecule has 22 heavy (non-hydrogen) atoms. The number of allylic oxidation sites excluding steroid dienone is 1. The summed E-state index contributed by atoms with van der Waals surface area (Å²) in [5, 5.41) is 0. The predicted molar refractivity (Wildman–Crippen MR) is 94.7 cm³/mol. The third kappa shape index (κ3) is 3.73. The van der Waals surface area contributed by atoms with Gasteiger partial charge in [0, 0.05) is 0 Å². The third-order valence-electron chi connectivity index (χ3n) is 3.79. The van der Waals surface area contributed by atoms with Gasteiger partial charge in [-0.3, -0.25) is 0 Å². The van der Waals surface area contributed by atoms with Gasteiger partial charge in [0.2, 0.25) is 0 Å². The Morgan fingerprint density at radius 3 is 1.55 bits per heavy atom. The summed E-state index contributed by atoms with van der Waals surface area (Å²) in [4.78, 5) is 0. The van der Waals surface area contributed by atoms with E-state index in [1.807, 2.05) is 0 Å². The average Bonchev–Trinajstić information content (AvgIpc) is 2.61. The maximum atomic E-state index is 2.36. The van der Waals surface area contributed by atoms with E-state index in [-0.39, 0.29) is 0 Å². The van der Waals surface area contributed by atoms with Crippen molar-refractivity contribution in [3.05, 3.63) is 114 Å². The first-order valence-electron chi connectivity index (χ1n) is 7.78. The van der Waals surface area contributed by atoms with E-state index in [1.54, 1.807) is 0 Å². The molecule has 0 bridgehead atoms. The average molecular weight is 284 g/mol. The molecule has 3 aromatic rings. The van der Waals surface area contributed by atoms with E-state index >= 15 is 0 Å². The Bertz CT molecular complexity index is 668. The molecule has 0 saturated heterocycles. The van der Waals surface area contributed by atoms with Crippen molar-refractivity contribution in [1.29, 1.82) is 0 Å². The monoisotopic (exact) mass is 284 g/mol. The third-order valence-corrected chi connectivity index (χ3v) is 3.79. The molecule has 0 amide bonds. The van der Waals surface area contributed by atoms with Gasteiger partial charge in [-0.25, -0.2) is 0 Å². The minimum absolute atomic E-state index is 1.04. The summed E-state index contributed by atoms with van der Waals surface area (Å²) in [7, 11) is 0. The molecular formula is C22H20. The molecule has 0 heteroatoms. The van der Waals surface area contributed by atoms with Gasteiger partial charge in [-0.2, -0.15) is 0 Å². The molecular weight excluding hydrogens is 264 g/mol. The molecule has 0 nitrogen and oxygen atoms in total. The van der Waals surface area contributed by atoms with Gasteiger partial charge in [-0.1, -0.05) is 97.1 Å². The molecule has 0 saturated carbocycles. The predicted octanol–water partition coefficient (Wildman–Crippen LogP) is 5.75. The highest BCUT2D eigenvalue weighted by Gasteiger charge is 2.03. The van der Waals surface area contributed by atoms with Crippen molar-refractivity contribution >= 4 is 5.57 Å². The zero-order chi connectivity index (χ0) is 15.0. The van der Waals surface area contributed by atoms with Crippen LogP contribution in [-0.4, -0.2) is 0 Å². The summed E-state index contributed by atoms with van der Waals surface area (Å²) in [6, 6.07) is 31.9. The number of rotatable bonds is 5. The lowest BCUT2D eigenvalue weighted by Crippen LogP contribution is -1.89. The van der Waals surface area contributed by atoms with E-state index in [0.717, 1.165) is 12.8 Å². The fraction of sp³-hybridized carbons (Fsp3) is 0.0909. The van der Waals surface area contributed by atoms with Crippen LogP contribution in [0, 0.1) is 0 Å². The van der Waals surface area contributed by atoms with E-state index < -0.39 is 0 Å². The van der Waals surface area contributed by atoms with Gasteiger partial charge in [0.05, 0.1) is 0 Å². The Labute approximate surface area is 132 Å². The van der Waals surface area contributed by atoms with Crippen molar-refractivity contribution in [1.82, 2.24) is 0 Å². The fourth-order valence-corrected chi connectivity index (χ4v) is 2.67. The minimum atomic E-state index is 1.04. The molecule has 108 valence electrons. The molecule has 0 aliphatic heterocycles. The van der Waals surface area contributed by atoms with Crippen LogP contribution < -0.4 is 0 Å². The highest BCUT2D eigenvalue weighted by Crippen LogP contribution is 2.24. The van der Waals surface area contributed by atoms with E-state index in [0.29, 0.717) is 0 Å². The number of benzene rings is 3. The van der Waals surface area contributed by atoms with E-state index in [9.17, 15) is 0 Å². The Morgan fingerprint density at radius 2 is 1.05 bits per heavy atom. The second kappa shape index (κ2) is 7.42. The van der Waals surface area contributed by atoms with Gasteiger partial charge in [0.1, 0.15) is 0 Å². The van der Waals surface area contributed by atoms with Gasteiger partial charge < -0.3 is 0 Å². The smallest absolute Gasteiger partial charge is 0.0151 e. The molecule has 0 aromatic heterocycles. The first-order valence-corrected chi connectivity index (χ1v) is 7.78. The maximum absolute atomic E-state index is 2.36. The van der Waals surface area contributed by atoms with Crippen LogP contribution in [0.3, 0.4) is 0 Å². The van der Waals surface area contributed by atoms with Crippen molar-refractivity contribution < 1.29 is 0 Å². The van der Waals surface area contributed by atoms with Crippen molar-refractivity contribution in [2.75, 3.05) is 0 Å². The lowest BCUT2D eigenvalue weighted by Gasteiger charge is -2.09. The summed E-state index contributed by atoms with van der Waals surface area (Å²) >= 11 is 0. The Hall–Kier alpha value is -2.60. The molecule has 0 heterocycles. The minimum Gasteiger partial charge on any atom is -0.0757 e. The molecule has 0 atom stereocenters. The second-order valence-corrected chi connectivity index (χ2v) is 5.37. The fourth-order valence-electron chi connectivity index (χ4n) is 2.67. The topological polar surface area (TPSA) is 0 Å². The van der Waals surface area contributed by atoms with E-state index in [1.165, 1.54) is 22.3 Å². The van der Waals surface area contributed by atoms with Gasteiger partial charge in [0.25, 0.3) is 0 Å². The van der Waals surface area contributed by atoms with Crippen molar-refractivity contribution in [2.45, 2.75) is 12.8 Å². The van der Waals surface area contributed by atoms with Crippen LogP contribution in [-0.2, 0) is 6.42 Å². The molecule has 0 aliphatic rings. The van der Waals surface area contributed by atoms with Crippen molar-refractivity contribution in [2.24, 2.45) is 0 Å². The van der Waals surface area contributed by atoms with Crippen molar-refractivity contribution in [3.63, 3.8) is 0 Å². The molecule has 0 radical (unpaired) electrons. The lowest BCUT2D eigenvalue weighted by atomic mass is 9.96. The van der Waals surface area contributed by atoms with Gasteiger partial charge in [-0.15, -0.1) is 0 Å². The molecule has 3 aromatic carbocycles. The molecule has 0 fully saturated rings. The zero-order valence-corrected chi connectivity index (χ0v) is 12.7. The van der Waals surface area contributed by atoms with Gasteiger partial charge >= 0.3 is 0 Å².